The van der Waals surface area contributed by atoms with E-state index < -0.39 is 30.4 Å². The van der Waals surface area contributed by atoms with Gasteiger partial charge in [0.25, 0.3) is 0 Å². The fourth-order valence-electron chi connectivity index (χ4n) is 1.73. The molecule has 0 spiro atoms. The molecule has 1 atom stereocenters. The number of aliphatic hydroxyl groups is 2. The SMILES string of the molecule is COC(=O)c1cc(C)c(C(F)(F)F)cc1NCC(O)CO. The third kappa shape index (κ3) is 4.33. The molecule has 0 bridgehead atoms. The number of benzene rings is 1. The van der Waals surface area contributed by atoms with Crippen LogP contribution < -0.4 is 5.32 Å². The van der Waals surface area contributed by atoms with E-state index in [0.717, 1.165) is 19.2 Å². The second-order valence-corrected chi connectivity index (χ2v) is 4.42. The maximum absolute atomic E-state index is 12.9. The molecule has 0 aromatic heterocycles. The highest BCUT2D eigenvalue weighted by atomic mass is 19.4. The standard InChI is InChI=1S/C13H16F3NO4/c1-7-3-9(12(20)21-2)11(17-5-8(19)6-18)4-10(7)13(14,15)16/h3-4,8,17-19H,5-6H2,1-2H3. The number of rotatable bonds is 5. The second-order valence-electron chi connectivity index (χ2n) is 4.42. The van der Waals surface area contributed by atoms with Gasteiger partial charge in [-0.1, -0.05) is 0 Å². The van der Waals surface area contributed by atoms with Gasteiger partial charge in [-0.05, 0) is 24.6 Å². The zero-order valence-corrected chi connectivity index (χ0v) is 11.5. The summed E-state index contributed by atoms with van der Waals surface area (Å²) in [6.45, 7) is 0.473. The van der Waals surface area contributed by atoms with Crippen molar-refractivity contribution in [1.82, 2.24) is 0 Å². The van der Waals surface area contributed by atoms with Crippen LogP contribution in [0.3, 0.4) is 0 Å². The zero-order chi connectivity index (χ0) is 16.2. The first-order chi connectivity index (χ1) is 9.70. The summed E-state index contributed by atoms with van der Waals surface area (Å²) < 4.78 is 43.1. The van der Waals surface area contributed by atoms with E-state index >= 15 is 0 Å². The summed E-state index contributed by atoms with van der Waals surface area (Å²) in [4.78, 5) is 11.6. The number of hydrogen-bond acceptors (Lipinski definition) is 5. The molecule has 0 aliphatic heterocycles. The Balaban J connectivity index is 3.24. The molecule has 0 aliphatic rings. The summed E-state index contributed by atoms with van der Waals surface area (Å²) in [6.07, 6.45) is -5.73. The molecule has 0 amide bonds. The minimum atomic E-state index is -4.56. The molecule has 0 aliphatic carbocycles. The third-order valence-electron chi connectivity index (χ3n) is 2.81. The molecule has 1 unspecified atom stereocenters. The van der Waals surface area contributed by atoms with E-state index in [4.69, 9.17) is 5.11 Å². The molecule has 1 rings (SSSR count). The van der Waals surface area contributed by atoms with Crippen molar-refractivity contribution in [2.75, 3.05) is 25.6 Å². The lowest BCUT2D eigenvalue weighted by Gasteiger charge is -2.17. The fourth-order valence-corrected chi connectivity index (χ4v) is 1.73. The van der Waals surface area contributed by atoms with Gasteiger partial charge in [-0.3, -0.25) is 0 Å². The van der Waals surface area contributed by atoms with Gasteiger partial charge in [-0.15, -0.1) is 0 Å². The molecule has 8 heteroatoms. The van der Waals surface area contributed by atoms with Crippen molar-refractivity contribution in [3.63, 3.8) is 0 Å². The van der Waals surface area contributed by atoms with Gasteiger partial charge in [0.1, 0.15) is 0 Å². The first-order valence-corrected chi connectivity index (χ1v) is 6.03. The Morgan fingerprint density at radius 1 is 1.43 bits per heavy atom. The highest BCUT2D eigenvalue weighted by Gasteiger charge is 2.34. The van der Waals surface area contributed by atoms with E-state index in [1.54, 1.807) is 0 Å². The van der Waals surface area contributed by atoms with E-state index in [0.29, 0.717) is 0 Å². The maximum Gasteiger partial charge on any atom is 0.416 e. The lowest BCUT2D eigenvalue weighted by atomic mass is 10.0. The molecule has 1 aromatic carbocycles. The molecule has 21 heavy (non-hydrogen) atoms. The monoisotopic (exact) mass is 307 g/mol. The number of anilines is 1. The van der Waals surface area contributed by atoms with Crippen LogP contribution in [0, 0.1) is 6.92 Å². The van der Waals surface area contributed by atoms with Gasteiger partial charge in [0.05, 0.1) is 30.9 Å². The molecule has 0 saturated heterocycles. The number of aryl methyl sites for hydroxylation is 1. The number of carbonyl (C=O) groups excluding carboxylic acids is 1. The van der Waals surface area contributed by atoms with Gasteiger partial charge in [-0.25, -0.2) is 4.79 Å². The Hall–Kier alpha value is -1.80. The molecular weight excluding hydrogens is 291 g/mol. The van der Waals surface area contributed by atoms with E-state index in [1.165, 1.54) is 6.92 Å². The summed E-state index contributed by atoms with van der Waals surface area (Å²) in [5.41, 5.74) is -1.20. The van der Waals surface area contributed by atoms with Crippen molar-refractivity contribution in [3.8, 4) is 0 Å². The summed E-state index contributed by atoms with van der Waals surface area (Å²) in [7, 11) is 1.11. The minimum Gasteiger partial charge on any atom is -0.465 e. The molecular formula is C13H16F3NO4. The van der Waals surface area contributed by atoms with Gasteiger partial charge >= 0.3 is 12.1 Å². The number of aliphatic hydroxyl groups excluding tert-OH is 2. The molecule has 0 radical (unpaired) electrons. The van der Waals surface area contributed by atoms with Gasteiger partial charge < -0.3 is 20.3 Å². The van der Waals surface area contributed by atoms with E-state index in [-0.39, 0.29) is 23.4 Å². The largest absolute Gasteiger partial charge is 0.465 e. The van der Waals surface area contributed by atoms with Crippen LogP contribution in [-0.4, -0.2) is 42.5 Å². The Labute approximate surface area is 119 Å². The van der Waals surface area contributed by atoms with Gasteiger partial charge in [0.2, 0.25) is 0 Å². The molecule has 1 aromatic rings. The van der Waals surface area contributed by atoms with E-state index in [1.807, 2.05) is 0 Å². The number of methoxy groups -OCH3 is 1. The van der Waals surface area contributed by atoms with Crippen LogP contribution in [0.2, 0.25) is 0 Å². The first kappa shape index (κ1) is 17.3. The van der Waals surface area contributed by atoms with Crippen molar-refractivity contribution in [2.45, 2.75) is 19.2 Å². The zero-order valence-electron chi connectivity index (χ0n) is 11.5. The molecule has 118 valence electrons. The van der Waals surface area contributed by atoms with Crippen molar-refractivity contribution in [3.05, 3.63) is 28.8 Å². The smallest absolute Gasteiger partial charge is 0.416 e. The quantitative estimate of drug-likeness (QED) is 0.720. The van der Waals surface area contributed by atoms with Crippen LogP contribution in [0.1, 0.15) is 21.5 Å². The van der Waals surface area contributed by atoms with Crippen LogP contribution >= 0.6 is 0 Å². The second kappa shape index (κ2) is 6.77. The van der Waals surface area contributed by atoms with E-state index in [2.05, 4.69) is 10.1 Å². The number of carbonyl (C=O) groups is 1. The van der Waals surface area contributed by atoms with Crippen LogP contribution in [0.4, 0.5) is 18.9 Å². The summed E-state index contributed by atoms with van der Waals surface area (Å²) in [5, 5.41) is 20.5. The Bertz CT molecular complexity index is 517. The van der Waals surface area contributed by atoms with Crippen LogP contribution in [0.15, 0.2) is 12.1 Å². The molecule has 0 saturated carbocycles. The lowest BCUT2D eigenvalue weighted by molar-refractivity contribution is -0.138. The lowest BCUT2D eigenvalue weighted by Crippen LogP contribution is -2.24. The van der Waals surface area contributed by atoms with Crippen molar-refractivity contribution in [1.29, 1.82) is 0 Å². The summed E-state index contributed by atoms with van der Waals surface area (Å²) in [6, 6.07) is 1.86. The Morgan fingerprint density at radius 2 is 2.05 bits per heavy atom. The first-order valence-electron chi connectivity index (χ1n) is 6.03. The number of esters is 1. The van der Waals surface area contributed by atoms with E-state index in [9.17, 15) is 23.1 Å². The van der Waals surface area contributed by atoms with Crippen molar-refractivity contribution in [2.24, 2.45) is 0 Å². The average molecular weight is 307 g/mol. The number of ether oxygens (including phenoxy) is 1. The predicted octanol–water partition coefficient (Wildman–Crippen LogP) is 1.57. The topological polar surface area (TPSA) is 78.8 Å². The van der Waals surface area contributed by atoms with Crippen LogP contribution in [-0.2, 0) is 10.9 Å². The van der Waals surface area contributed by atoms with Crippen molar-refractivity contribution < 1.29 is 32.9 Å². The molecule has 0 fully saturated rings. The number of alkyl halides is 3. The Kier molecular flexibility index (Phi) is 5.56. The summed E-state index contributed by atoms with van der Waals surface area (Å²) >= 11 is 0. The normalized spacial score (nSPS) is 12.9. The maximum atomic E-state index is 12.9. The minimum absolute atomic E-state index is 0.0758. The third-order valence-corrected chi connectivity index (χ3v) is 2.81. The highest BCUT2D eigenvalue weighted by Crippen LogP contribution is 2.35. The number of hydrogen-bond donors (Lipinski definition) is 3. The Morgan fingerprint density at radius 3 is 2.52 bits per heavy atom. The summed E-state index contributed by atoms with van der Waals surface area (Å²) in [5.74, 6) is -0.798. The van der Waals surface area contributed by atoms with Crippen LogP contribution in [0.5, 0.6) is 0 Å². The molecule has 0 heterocycles. The van der Waals surface area contributed by atoms with Crippen molar-refractivity contribution >= 4 is 11.7 Å². The number of halogens is 3. The average Bonchev–Trinajstić information content (AvgIpc) is 2.42. The van der Waals surface area contributed by atoms with Gasteiger partial charge in [0.15, 0.2) is 0 Å². The fraction of sp³-hybridized carbons (Fsp3) is 0.462. The predicted molar refractivity (Wildman–Crippen MR) is 69.1 cm³/mol. The van der Waals surface area contributed by atoms with Crippen LogP contribution in [0.25, 0.3) is 0 Å². The molecule has 3 N–H and O–H groups in total. The van der Waals surface area contributed by atoms with Gasteiger partial charge in [-0.2, -0.15) is 13.2 Å². The highest BCUT2D eigenvalue weighted by molar-refractivity contribution is 5.96. The number of nitrogens with one attached hydrogen (secondary N) is 1. The molecule has 5 nitrogen and oxygen atoms in total. The van der Waals surface area contributed by atoms with Gasteiger partial charge in [0, 0.05) is 12.2 Å².